The summed E-state index contributed by atoms with van der Waals surface area (Å²) in [6.45, 7) is 3.73. The number of nitrogens with zero attached hydrogens (tertiary/aromatic N) is 3. The van der Waals surface area contributed by atoms with Gasteiger partial charge in [0.25, 0.3) is 0 Å². The summed E-state index contributed by atoms with van der Waals surface area (Å²) in [5.41, 5.74) is 2.15. The Bertz CT molecular complexity index is 689. The average Bonchev–Trinajstić information content (AvgIpc) is 3.21. The molecule has 7 heteroatoms. The van der Waals surface area contributed by atoms with Crippen molar-refractivity contribution in [3.05, 3.63) is 48.2 Å². The van der Waals surface area contributed by atoms with Gasteiger partial charge in [0.05, 0.1) is 18.5 Å². The van der Waals surface area contributed by atoms with E-state index in [9.17, 15) is 4.79 Å². The molecule has 2 aromatic rings. The van der Waals surface area contributed by atoms with E-state index < -0.39 is 0 Å². The van der Waals surface area contributed by atoms with Crippen molar-refractivity contribution in [2.24, 2.45) is 0 Å². The zero-order valence-electron chi connectivity index (χ0n) is 14.9. The fraction of sp³-hybridized carbons (Fsp3) is 0.421. The van der Waals surface area contributed by atoms with Crippen molar-refractivity contribution >= 4 is 17.4 Å². The van der Waals surface area contributed by atoms with Crippen molar-refractivity contribution in [1.29, 1.82) is 0 Å². The summed E-state index contributed by atoms with van der Waals surface area (Å²) in [4.78, 5) is 14.1. The van der Waals surface area contributed by atoms with E-state index in [2.05, 4.69) is 25.7 Å². The molecule has 0 spiro atoms. The van der Waals surface area contributed by atoms with E-state index in [4.69, 9.17) is 4.74 Å². The van der Waals surface area contributed by atoms with Crippen LogP contribution < -0.4 is 15.5 Å². The fourth-order valence-electron chi connectivity index (χ4n) is 2.87. The van der Waals surface area contributed by atoms with Crippen LogP contribution in [-0.4, -0.2) is 48.9 Å². The Balaban J connectivity index is 1.31. The van der Waals surface area contributed by atoms with Gasteiger partial charge in [-0.2, -0.15) is 5.10 Å². The van der Waals surface area contributed by atoms with E-state index >= 15 is 0 Å². The lowest BCUT2D eigenvalue weighted by Crippen LogP contribution is -2.31. The number of carbonyl (C=O) groups excluding carboxylic acids is 1. The van der Waals surface area contributed by atoms with Crippen LogP contribution in [-0.2, 0) is 16.1 Å². The van der Waals surface area contributed by atoms with Crippen molar-refractivity contribution < 1.29 is 9.53 Å². The van der Waals surface area contributed by atoms with E-state index in [1.54, 1.807) is 6.20 Å². The van der Waals surface area contributed by atoms with Crippen LogP contribution in [0.5, 0.6) is 0 Å². The molecule has 1 amide bonds. The van der Waals surface area contributed by atoms with E-state index in [1.807, 2.05) is 36.4 Å². The Labute approximate surface area is 153 Å². The van der Waals surface area contributed by atoms with Crippen molar-refractivity contribution in [2.45, 2.75) is 19.4 Å². The zero-order valence-corrected chi connectivity index (χ0v) is 14.9. The lowest BCUT2D eigenvalue weighted by Gasteiger charge is -2.17. The molecule has 1 aromatic carbocycles. The van der Waals surface area contributed by atoms with Gasteiger partial charge in [0.1, 0.15) is 6.61 Å². The molecule has 138 valence electrons. The minimum Gasteiger partial charge on any atom is -0.370 e. The number of aromatic nitrogens is 2. The first-order valence-electron chi connectivity index (χ1n) is 9.01. The van der Waals surface area contributed by atoms with E-state index in [1.165, 1.54) is 12.8 Å². The van der Waals surface area contributed by atoms with Crippen LogP contribution in [0.25, 0.3) is 0 Å². The number of ether oxygens (including phenoxy) is 1. The summed E-state index contributed by atoms with van der Waals surface area (Å²) in [5.74, 6) is 0.601. The van der Waals surface area contributed by atoms with Crippen LogP contribution in [0.1, 0.15) is 18.4 Å². The summed E-state index contributed by atoms with van der Waals surface area (Å²) in [5, 5.41) is 14.2. The van der Waals surface area contributed by atoms with Gasteiger partial charge in [0.2, 0.25) is 5.91 Å². The second-order valence-corrected chi connectivity index (χ2v) is 6.25. The fourth-order valence-corrected chi connectivity index (χ4v) is 2.87. The Morgan fingerprint density at radius 3 is 2.77 bits per heavy atom. The van der Waals surface area contributed by atoms with Gasteiger partial charge in [0, 0.05) is 32.2 Å². The van der Waals surface area contributed by atoms with Crippen LogP contribution in [0.15, 0.2) is 42.6 Å². The van der Waals surface area contributed by atoms with Gasteiger partial charge >= 0.3 is 0 Å². The molecule has 0 atom stereocenters. The minimum absolute atomic E-state index is 0.0547. The molecule has 1 saturated heterocycles. The van der Waals surface area contributed by atoms with E-state index in [-0.39, 0.29) is 12.5 Å². The number of benzene rings is 1. The largest absolute Gasteiger partial charge is 0.370 e. The number of hydrogen-bond acceptors (Lipinski definition) is 6. The first kappa shape index (κ1) is 18.1. The lowest BCUT2D eigenvalue weighted by molar-refractivity contribution is -0.126. The number of hydrogen-bond donors (Lipinski definition) is 2. The molecular formula is C19H25N5O2. The molecule has 1 fully saturated rings. The van der Waals surface area contributed by atoms with Gasteiger partial charge in [0.15, 0.2) is 5.82 Å². The molecular weight excluding hydrogens is 330 g/mol. The van der Waals surface area contributed by atoms with Crippen LogP contribution in [0.4, 0.5) is 11.5 Å². The summed E-state index contributed by atoms with van der Waals surface area (Å²) >= 11 is 0. The van der Waals surface area contributed by atoms with Crippen molar-refractivity contribution in [3.63, 3.8) is 0 Å². The third-order valence-electron chi connectivity index (χ3n) is 4.21. The molecule has 1 aliphatic heterocycles. The first-order valence-corrected chi connectivity index (χ1v) is 9.01. The highest BCUT2D eigenvalue weighted by Crippen LogP contribution is 2.20. The SMILES string of the molecule is O=C(COCc1ccccc1)NCCNc1cc(N2CCCC2)cnn1. The average molecular weight is 355 g/mol. The second kappa shape index (κ2) is 9.72. The maximum absolute atomic E-state index is 11.8. The maximum Gasteiger partial charge on any atom is 0.246 e. The molecule has 1 aliphatic rings. The molecule has 0 aliphatic carbocycles. The highest BCUT2D eigenvalue weighted by atomic mass is 16.5. The molecule has 0 radical (unpaired) electrons. The van der Waals surface area contributed by atoms with Crippen LogP contribution in [0.3, 0.4) is 0 Å². The highest BCUT2D eigenvalue weighted by Gasteiger charge is 2.13. The van der Waals surface area contributed by atoms with Gasteiger partial charge in [-0.05, 0) is 18.4 Å². The molecule has 0 bridgehead atoms. The third-order valence-corrected chi connectivity index (χ3v) is 4.21. The predicted molar refractivity (Wildman–Crippen MR) is 101 cm³/mol. The third kappa shape index (κ3) is 5.70. The highest BCUT2D eigenvalue weighted by molar-refractivity contribution is 5.77. The van der Waals surface area contributed by atoms with Crippen molar-refractivity contribution in [1.82, 2.24) is 15.5 Å². The zero-order chi connectivity index (χ0) is 18.0. The monoisotopic (exact) mass is 355 g/mol. The van der Waals surface area contributed by atoms with Crippen molar-refractivity contribution in [3.8, 4) is 0 Å². The Morgan fingerprint density at radius 2 is 1.96 bits per heavy atom. The molecule has 0 unspecified atom stereocenters. The van der Waals surface area contributed by atoms with Crippen molar-refractivity contribution in [2.75, 3.05) is 43.0 Å². The van der Waals surface area contributed by atoms with Gasteiger partial charge in [-0.1, -0.05) is 30.3 Å². The molecule has 26 heavy (non-hydrogen) atoms. The van der Waals surface area contributed by atoms with E-state index in [0.717, 1.165) is 30.2 Å². The molecule has 3 rings (SSSR count). The topological polar surface area (TPSA) is 79.4 Å². The van der Waals surface area contributed by atoms with Gasteiger partial charge in [-0.25, -0.2) is 0 Å². The predicted octanol–water partition coefficient (Wildman–Crippen LogP) is 1.82. The molecule has 0 saturated carbocycles. The van der Waals surface area contributed by atoms with Gasteiger partial charge < -0.3 is 20.3 Å². The molecule has 1 aromatic heterocycles. The Kier molecular flexibility index (Phi) is 6.78. The summed E-state index contributed by atoms with van der Waals surface area (Å²) in [6.07, 6.45) is 4.25. The number of rotatable bonds is 9. The Morgan fingerprint density at radius 1 is 1.15 bits per heavy atom. The molecule has 7 nitrogen and oxygen atoms in total. The number of carbonyl (C=O) groups is 1. The molecule has 2 N–H and O–H groups in total. The standard InChI is InChI=1S/C19H25N5O2/c25-19(15-26-14-16-6-2-1-3-7-16)21-9-8-20-18-12-17(13-22-23-18)24-10-4-5-11-24/h1-3,6-7,12-13H,4-5,8-11,14-15H2,(H,20,23)(H,21,25). The Hall–Kier alpha value is -2.67. The summed E-state index contributed by atoms with van der Waals surface area (Å²) < 4.78 is 5.41. The lowest BCUT2D eigenvalue weighted by atomic mass is 10.2. The van der Waals surface area contributed by atoms with Crippen LogP contribution >= 0.6 is 0 Å². The summed E-state index contributed by atoms with van der Waals surface area (Å²) in [6, 6.07) is 11.8. The quantitative estimate of drug-likeness (QED) is 0.668. The molecule has 2 heterocycles. The number of nitrogens with one attached hydrogen (secondary N) is 2. The second-order valence-electron chi connectivity index (χ2n) is 6.25. The number of amides is 1. The maximum atomic E-state index is 11.8. The van der Waals surface area contributed by atoms with E-state index in [0.29, 0.717) is 19.7 Å². The van der Waals surface area contributed by atoms with Gasteiger partial charge in [-0.3, -0.25) is 4.79 Å². The normalized spacial score (nSPS) is 13.6. The number of anilines is 2. The van der Waals surface area contributed by atoms with Gasteiger partial charge in [-0.15, -0.1) is 5.10 Å². The minimum atomic E-state index is -0.125. The summed E-state index contributed by atoms with van der Waals surface area (Å²) in [7, 11) is 0. The van der Waals surface area contributed by atoms with Crippen LogP contribution in [0, 0.1) is 0 Å². The smallest absolute Gasteiger partial charge is 0.246 e. The van der Waals surface area contributed by atoms with Crippen LogP contribution in [0.2, 0.25) is 0 Å². The first-order chi connectivity index (χ1) is 12.8.